The van der Waals surface area contributed by atoms with Gasteiger partial charge in [0.15, 0.2) is 0 Å². The van der Waals surface area contributed by atoms with Gasteiger partial charge in [-0.2, -0.15) is 0 Å². The average molecular weight is 466 g/mol. The number of aliphatic hydroxyl groups excluding tert-OH is 1. The van der Waals surface area contributed by atoms with Crippen molar-refractivity contribution >= 4 is 27.5 Å². The van der Waals surface area contributed by atoms with Gasteiger partial charge in [-0.3, -0.25) is 0 Å². The molecule has 0 fully saturated rings. The van der Waals surface area contributed by atoms with Crippen molar-refractivity contribution in [1.82, 2.24) is 4.98 Å². The number of rotatable bonds is 5. The van der Waals surface area contributed by atoms with Gasteiger partial charge in [0.2, 0.25) is 6.29 Å². The molecule has 6 nitrogen and oxygen atoms in total. The Bertz CT molecular complexity index is 1350. The predicted molar refractivity (Wildman–Crippen MR) is 122 cm³/mol. The highest BCUT2D eigenvalue weighted by Gasteiger charge is 2.38. The van der Waals surface area contributed by atoms with E-state index in [0.717, 1.165) is 15.8 Å². The molecule has 2 N–H and O–H groups in total. The second kappa shape index (κ2) is 8.55. The van der Waals surface area contributed by atoms with E-state index in [1.807, 2.05) is 18.2 Å². The molecular weight excluding hydrogens is 445 g/mol. The number of aliphatic hydroxyl groups is 1. The Balaban J connectivity index is 1.49. The Morgan fingerprint density at radius 3 is 2.82 bits per heavy atom. The number of ether oxygens (including phenoxy) is 2. The SMILES string of the molecule is COC1Oc2ccc(-c3nc4cc(F)ccc4s3)cc2C(O)C1Cc1cccc(C(=O)O)c1. The van der Waals surface area contributed by atoms with Crippen LogP contribution in [0.15, 0.2) is 60.7 Å². The van der Waals surface area contributed by atoms with Crippen LogP contribution in [-0.4, -0.2) is 34.6 Å². The fraction of sp³-hybridized carbons (Fsp3) is 0.200. The number of hydrogen-bond acceptors (Lipinski definition) is 6. The molecule has 0 radical (unpaired) electrons. The first-order chi connectivity index (χ1) is 15.9. The number of aromatic nitrogens is 1. The van der Waals surface area contributed by atoms with Crippen molar-refractivity contribution in [2.24, 2.45) is 5.92 Å². The zero-order valence-electron chi connectivity index (χ0n) is 17.6. The Morgan fingerprint density at radius 1 is 1.18 bits per heavy atom. The van der Waals surface area contributed by atoms with Crippen LogP contribution in [0.1, 0.15) is 27.6 Å². The summed E-state index contributed by atoms with van der Waals surface area (Å²) in [4.78, 5) is 15.9. The second-order valence-corrected chi connectivity index (χ2v) is 8.95. The van der Waals surface area contributed by atoms with Gasteiger partial charge < -0.3 is 19.7 Å². The summed E-state index contributed by atoms with van der Waals surface area (Å²) in [5.74, 6) is -1.28. The van der Waals surface area contributed by atoms with Gasteiger partial charge in [0.25, 0.3) is 0 Å². The number of thiazole rings is 1. The van der Waals surface area contributed by atoms with E-state index < -0.39 is 24.3 Å². The van der Waals surface area contributed by atoms with E-state index >= 15 is 0 Å². The molecule has 1 aliphatic heterocycles. The maximum absolute atomic E-state index is 13.6. The number of carboxylic acid groups (broad SMARTS) is 1. The maximum Gasteiger partial charge on any atom is 0.335 e. The van der Waals surface area contributed by atoms with Crippen LogP contribution in [0.2, 0.25) is 0 Å². The Hall–Kier alpha value is -3.33. The van der Waals surface area contributed by atoms with Crippen LogP contribution < -0.4 is 4.74 Å². The molecule has 3 atom stereocenters. The molecule has 4 aromatic rings. The molecule has 8 heteroatoms. The number of hydrogen-bond donors (Lipinski definition) is 2. The van der Waals surface area contributed by atoms with E-state index in [0.29, 0.717) is 28.3 Å². The molecule has 5 rings (SSSR count). The van der Waals surface area contributed by atoms with Gasteiger partial charge in [-0.25, -0.2) is 14.2 Å². The van der Waals surface area contributed by atoms with Crippen LogP contribution in [0.4, 0.5) is 4.39 Å². The summed E-state index contributed by atoms with van der Waals surface area (Å²) in [6.07, 6.45) is -1.23. The summed E-state index contributed by atoms with van der Waals surface area (Å²) in [7, 11) is 1.51. The Morgan fingerprint density at radius 2 is 2.03 bits per heavy atom. The average Bonchev–Trinajstić information content (AvgIpc) is 3.24. The number of methoxy groups -OCH3 is 1. The van der Waals surface area contributed by atoms with Gasteiger partial charge in [-0.1, -0.05) is 12.1 Å². The standard InChI is InChI=1S/C25H20FNO5S/c1-31-25-18(10-13-3-2-4-15(9-13)24(29)30)22(28)17-11-14(5-7-20(17)32-25)23-27-19-12-16(26)6-8-21(19)33-23/h2-9,11-12,18,22,25,28H,10H2,1H3,(H,29,30). The molecule has 0 spiro atoms. The van der Waals surface area contributed by atoms with E-state index in [1.165, 1.54) is 36.6 Å². The van der Waals surface area contributed by atoms with Crippen molar-refractivity contribution in [3.8, 4) is 16.3 Å². The zero-order chi connectivity index (χ0) is 23.1. The first-order valence-electron chi connectivity index (χ1n) is 10.3. The summed E-state index contributed by atoms with van der Waals surface area (Å²) in [6, 6.07) is 16.6. The van der Waals surface area contributed by atoms with Crippen LogP contribution in [0.5, 0.6) is 5.75 Å². The molecule has 0 saturated heterocycles. The number of halogens is 1. The van der Waals surface area contributed by atoms with Crippen LogP contribution >= 0.6 is 11.3 Å². The third-order valence-corrected chi connectivity index (χ3v) is 6.89. The molecule has 2 heterocycles. The number of carbonyl (C=O) groups is 1. The number of carboxylic acids is 1. The van der Waals surface area contributed by atoms with Gasteiger partial charge in [-0.05, 0) is 54.4 Å². The largest absolute Gasteiger partial charge is 0.478 e. The first kappa shape index (κ1) is 21.5. The van der Waals surface area contributed by atoms with Gasteiger partial charge in [0, 0.05) is 24.3 Å². The summed E-state index contributed by atoms with van der Waals surface area (Å²) in [5.41, 5.74) is 2.92. The zero-order valence-corrected chi connectivity index (χ0v) is 18.4. The molecule has 0 aliphatic carbocycles. The van der Waals surface area contributed by atoms with Gasteiger partial charge >= 0.3 is 5.97 Å². The van der Waals surface area contributed by atoms with Crippen molar-refractivity contribution < 1.29 is 28.9 Å². The highest BCUT2D eigenvalue weighted by molar-refractivity contribution is 7.21. The molecule has 0 saturated carbocycles. The maximum atomic E-state index is 13.6. The minimum Gasteiger partial charge on any atom is -0.478 e. The summed E-state index contributed by atoms with van der Waals surface area (Å²) in [5, 5.41) is 21.3. The topological polar surface area (TPSA) is 88.9 Å². The minimum absolute atomic E-state index is 0.183. The van der Waals surface area contributed by atoms with E-state index in [4.69, 9.17) is 9.47 Å². The lowest BCUT2D eigenvalue weighted by Crippen LogP contribution is -2.38. The van der Waals surface area contributed by atoms with Crippen LogP contribution in [0, 0.1) is 11.7 Å². The monoisotopic (exact) mass is 465 g/mol. The third-order valence-electron chi connectivity index (χ3n) is 5.80. The summed E-state index contributed by atoms with van der Waals surface area (Å²) >= 11 is 1.44. The molecule has 3 aromatic carbocycles. The van der Waals surface area contributed by atoms with Crippen molar-refractivity contribution in [3.63, 3.8) is 0 Å². The molecule has 0 bridgehead atoms. The first-order valence-corrected chi connectivity index (χ1v) is 11.1. The summed E-state index contributed by atoms with van der Waals surface area (Å²) < 4.78 is 25.9. The number of fused-ring (bicyclic) bond motifs is 2. The highest BCUT2D eigenvalue weighted by atomic mass is 32.1. The number of benzene rings is 3. The fourth-order valence-corrected chi connectivity index (χ4v) is 5.11. The molecular formula is C25H20FNO5S. The quantitative estimate of drug-likeness (QED) is 0.428. The molecule has 1 aromatic heterocycles. The van der Waals surface area contributed by atoms with Crippen molar-refractivity contribution in [1.29, 1.82) is 0 Å². The van der Waals surface area contributed by atoms with Crippen LogP contribution in [-0.2, 0) is 11.2 Å². The molecule has 33 heavy (non-hydrogen) atoms. The lowest BCUT2D eigenvalue weighted by molar-refractivity contribution is -0.139. The second-order valence-electron chi connectivity index (χ2n) is 7.92. The Labute approximate surface area is 192 Å². The molecule has 3 unspecified atom stereocenters. The normalized spacial score (nSPS) is 19.8. The van der Waals surface area contributed by atoms with Crippen molar-refractivity contribution in [2.45, 2.75) is 18.8 Å². The lowest BCUT2D eigenvalue weighted by Gasteiger charge is -2.36. The fourth-order valence-electron chi connectivity index (χ4n) is 4.17. The van der Waals surface area contributed by atoms with E-state index in [1.54, 1.807) is 24.3 Å². The third kappa shape index (κ3) is 4.08. The lowest BCUT2D eigenvalue weighted by atomic mass is 9.86. The molecule has 1 aliphatic rings. The highest BCUT2D eigenvalue weighted by Crippen LogP contribution is 2.43. The Kier molecular flexibility index (Phi) is 5.57. The predicted octanol–water partition coefficient (Wildman–Crippen LogP) is 5.06. The van der Waals surface area contributed by atoms with Crippen molar-refractivity contribution in [2.75, 3.05) is 7.11 Å². The molecule has 0 amide bonds. The summed E-state index contributed by atoms with van der Waals surface area (Å²) in [6.45, 7) is 0. The van der Waals surface area contributed by atoms with E-state index in [-0.39, 0.29) is 11.4 Å². The van der Waals surface area contributed by atoms with Crippen LogP contribution in [0.3, 0.4) is 0 Å². The van der Waals surface area contributed by atoms with Crippen LogP contribution in [0.25, 0.3) is 20.8 Å². The van der Waals surface area contributed by atoms with E-state index in [9.17, 15) is 19.4 Å². The van der Waals surface area contributed by atoms with Crippen molar-refractivity contribution in [3.05, 3.63) is 83.2 Å². The minimum atomic E-state index is -1.01. The number of nitrogens with zero attached hydrogens (tertiary/aromatic N) is 1. The molecule has 168 valence electrons. The van der Waals surface area contributed by atoms with E-state index in [2.05, 4.69) is 4.98 Å². The van der Waals surface area contributed by atoms with Gasteiger partial charge in [0.05, 0.1) is 27.8 Å². The van der Waals surface area contributed by atoms with Gasteiger partial charge in [-0.15, -0.1) is 11.3 Å². The van der Waals surface area contributed by atoms with Gasteiger partial charge in [0.1, 0.15) is 16.6 Å². The number of aromatic carboxylic acids is 1. The smallest absolute Gasteiger partial charge is 0.335 e.